The Morgan fingerprint density at radius 1 is 1.00 bits per heavy atom. The minimum atomic E-state index is -0.524. The summed E-state index contributed by atoms with van der Waals surface area (Å²) in [4.78, 5) is 19.1. The number of hydrogen-bond donors (Lipinski definition) is 2. The van der Waals surface area contributed by atoms with Crippen molar-refractivity contribution in [2.24, 2.45) is 0 Å². The molecule has 0 spiro atoms. The molecule has 4 aliphatic heterocycles. The van der Waals surface area contributed by atoms with Crippen LogP contribution in [0, 0.1) is 5.82 Å². The highest BCUT2D eigenvalue weighted by molar-refractivity contribution is 5.99. The van der Waals surface area contributed by atoms with Crippen molar-refractivity contribution in [3.05, 3.63) is 48.4 Å². The number of anilines is 1. The topological polar surface area (TPSA) is 86.6 Å². The van der Waals surface area contributed by atoms with Gasteiger partial charge in [0.05, 0.1) is 10.9 Å². The smallest absolute Gasteiger partial charge is 0.319 e. The van der Waals surface area contributed by atoms with Gasteiger partial charge in [-0.05, 0) is 74.5 Å². The first-order valence-corrected chi connectivity index (χ1v) is 15.0. The molecule has 8 nitrogen and oxygen atoms in total. The van der Waals surface area contributed by atoms with Crippen molar-refractivity contribution in [3.8, 4) is 23.0 Å². The number of fused-ring (bicyclic) bond motifs is 5. The van der Waals surface area contributed by atoms with E-state index in [1.54, 1.807) is 18.3 Å². The number of piperidine rings is 1. The van der Waals surface area contributed by atoms with E-state index in [0.29, 0.717) is 35.5 Å². The molecular formula is C32H35FN6O2. The highest BCUT2D eigenvalue weighted by atomic mass is 19.1. The molecule has 41 heavy (non-hydrogen) atoms. The van der Waals surface area contributed by atoms with Crippen molar-refractivity contribution in [1.82, 2.24) is 25.2 Å². The molecule has 8 rings (SSSR count). The van der Waals surface area contributed by atoms with E-state index < -0.39 is 5.82 Å². The van der Waals surface area contributed by atoms with Crippen LogP contribution in [0.25, 0.3) is 32.9 Å². The molecule has 2 unspecified atom stereocenters. The van der Waals surface area contributed by atoms with Crippen LogP contribution >= 0.6 is 0 Å². The number of aromatic nitrogens is 3. The lowest BCUT2D eigenvalue weighted by Gasteiger charge is -2.43. The third kappa shape index (κ3) is 4.28. The third-order valence-electron chi connectivity index (χ3n) is 9.78. The first kappa shape index (κ1) is 25.2. The summed E-state index contributed by atoms with van der Waals surface area (Å²) in [5.74, 6) is 0.231. The minimum absolute atomic E-state index is 0.0347. The van der Waals surface area contributed by atoms with Crippen molar-refractivity contribution in [3.63, 3.8) is 0 Å². The van der Waals surface area contributed by atoms with Crippen LogP contribution in [0.4, 0.5) is 10.2 Å². The number of nitrogens with one attached hydrogen (secondary N) is 1. The number of pyridine rings is 1. The Morgan fingerprint density at radius 2 is 1.78 bits per heavy atom. The van der Waals surface area contributed by atoms with Crippen LogP contribution in [0.3, 0.4) is 0 Å². The minimum Gasteiger partial charge on any atom is -0.508 e. The molecule has 4 saturated heterocycles. The van der Waals surface area contributed by atoms with Gasteiger partial charge in [0.25, 0.3) is 0 Å². The number of ether oxygens (including phenoxy) is 1. The zero-order valence-electron chi connectivity index (χ0n) is 23.2. The summed E-state index contributed by atoms with van der Waals surface area (Å²) in [6.07, 6.45) is 9.75. The standard InChI is InChI=1S/C32H35FN6O2/c33-27-28(25-15-23(40)14-20-6-1-2-9-24(20)25)34-16-26-29(27)36-31(41-19-32-10-4-12-39(32)13-5-11-32)37-30(26)38-17-21-7-3-8-22(18-38)35-21/h1-2,6,9,14-16,21-22,35,40H,3-5,7-8,10-13,17-19H2. The van der Waals surface area contributed by atoms with Gasteiger partial charge in [0.15, 0.2) is 5.82 Å². The van der Waals surface area contributed by atoms with Crippen LogP contribution < -0.4 is 15.0 Å². The van der Waals surface area contributed by atoms with Crippen LogP contribution in [-0.2, 0) is 0 Å². The molecule has 0 aliphatic carbocycles. The van der Waals surface area contributed by atoms with Gasteiger partial charge < -0.3 is 20.1 Å². The van der Waals surface area contributed by atoms with Gasteiger partial charge in [0, 0.05) is 36.9 Å². The maximum Gasteiger partial charge on any atom is 0.319 e. The molecule has 0 amide bonds. The molecule has 2 bridgehead atoms. The van der Waals surface area contributed by atoms with E-state index in [1.807, 2.05) is 24.3 Å². The summed E-state index contributed by atoms with van der Waals surface area (Å²) in [5, 5.41) is 16.4. The second-order valence-electron chi connectivity index (χ2n) is 12.3. The number of phenolic OH excluding ortho intramolecular Hbond substituents is 1. The molecule has 0 saturated carbocycles. The normalized spacial score (nSPS) is 23.8. The molecule has 2 atom stereocenters. The highest BCUT2D eigenvalue weighted by Gasteiger charge is 2.45. The van der Waals surface area contributed by atoms with E-state index in [4.69, 9.17) is 14.7 Å². The molecule has 9 heteroatoms. The predicted octanol–water partition coefficient (Wildman–Crippen LogP) is 5.03. The number of piperazine rings is 1. The number of benzene rings is 2. The molecule has 4 aromatic rings. The summed E-state index contributed by atoms with van der Waals surface area (Å²) in [6, 6.07) is 11.9. The molecule has 2 aromatic carbocycles. The zero-order chi connectivity index (χ0) is 27.6. The average molecular weight is 555 g/mol. The average Bonchev–Trinajstić information content (AvgIpc) is 3.56. The molecule has 4 fully saturated rings. The van der Waals surface area contributed by atoms with Crippen molar-refractivity contribution >= 4 is 27.5 Å². The van der Waals surface area contributed by atoms with E-state index in [-0.39, 0.29) is 28.5 Å². The number of aromatic hydroxyl groups is 1. The number of nitrogens with zero attached hydrogens (tertiary/aromatic N) is 5. The summed E-state index contributed by atoms with van der Waals surface area (Å²) >= 11 is 0. The molecular weight excluding hydrogens is 519 g/mol. The lowest BCUT2D eigenvalue weighted by atomic mass is 9.94. The zero-order valence-corrected chi connectivity index (χ0v) is 23.2. The van der Waals surface area contributed by atoms with Gasteiger partial charge >= 0.3 is 6.01 Å². The molecule has 2 aromatic heterocycles. The first-order valence-electron chi connectivity index (χ1n) is 15.0. The Hall–Kier alpha value is -3.56. The summed E-state index contributed by atoms with van der Waals surface area (Å²) < 4.78 is 23.0. The SMILES string of the molecule is Oc1cc(-c2ncc3c(N4CC5CCCC(C4)N5)nc(OCC45CCCN4CCC5)nc3c2F)c2ccccc2c1. The van der Waals surface area contributed by atoms with Gasteiger partial charge in [-0.15, -0.1) is 0 Å². The van der Waals surface area contributed by atoms with Gasteiger partial charge in [-0.25, -0.2) is 4.39 Å². The second-order valence-corrected chi connectivity index (χ2v) is 12.3. The fraction of sp³-hybridized carbons (Fsp3) is 0.469. The molecule has 0 radical (unpaired) electrons. The number of rotatable bonds is 5. The highest BCUT2D eigenvalue weighted by Crippen LogP contribution is 2.40. The monoisotopic (exact) mass is 554 g/mol. The molecule has 212 valence electrons. The van der Waals surface area contributed by atoms with Crippen LogP contribution in [-0.4, -0.2) is 75.4 Å². The van der Waals surface area contributed by atoms with Gasteiger partial charge in [-0.1, -0.05) is 30.7 Å². The Labute approximate surface area is 238 Å². The molecule has 2 N–H and O–H groups in total. The Bertz CT molecular complexity index is 1620. The van der Waals surface area contributed by atoms with Crippen molar-refractivity contribution < 1.29 is 14.2 Å². The van der Waals surface area contributed by atoms with Crippen LogP contribution in [0.5, 0.6) is 11.8 Å². The second kappa shape index (κ2) is 9.77. The quantitative estimate of drug-likeness (QED) is 0.356. The fourth-order valence-electron chi connectivity index (χ4n) is 7.84. The number of phenols is 1. The van der Waals surface area contributed by atoms with E-state index in [9.17, 15) is 5.11 Å². The van der Waals surface area contributed by atoms with Gasteiger partial charge in [0.1, 0.15) is 29.4 Å². The Morgan fingerprint density at radius 3 is 2.59 bits per heavy atom. The lowest BCUT2D eigenvalue weighted by molar-refractivity contribution is 0.108. The van der Waals surface area contributed by atoms with E-state index >= 15 is 4.39 Å². The van der Waals surface area contributed by atoms with Crippen molar-refractivity contribution in [2.75, 3.05) is 37.7 Å². The van der Waals surface area contributed by atoms with E-state index in [2.05, 4.69) is 20.1 Å². The number of hydrogen-bond acceptors (Lipinski definition) is 8. The van der Waals surface area contributed by atoms with Gasteiger partial charge in [0.2, 0.25) is 0 Å². The maximum atomic E-state index is 16.6. The van der Waals surface area contributed by atoms with Gasteiger partial charge in [-0.2, -0.15) is 9.97 Å². The molecule has 4 aliphatic rings. The Balaban J connectivity index is 1.25. The Kier molecular flexibility index (Phi) is 6.00. The lowest BCUT2D eigenvalue weighted by Crippen LogP contribution is -2.59. The fourth-order valence-corrected chi connectivity index (χ4v) is 7.84. The van der Waals surface area contributed by atoms with Crippen LogP contribution in [0.15, 0.2) is 42.6 Å². The largest absolute Gasteiger partial charge is 0.508 e. The first-order chi connectivity index (χ1) is 20.1. The van der Waals surface area contributed by atoms with Crippen molar-refractivity contribution in [1.29, 1.82) is 0 Å². The molecule has 6 heterocycles. The predicted molar refractivity (Wildman–Crippen MR) is 157 cm³/mol. The summed E-state index contributed by atoms with van der Waals surface area (Å²) in [6.45, 7) is 4.35. The third-order valence-corrected chi connectivity index (χ3v) is 9.78. The van der Waals surface area contributed by atoms with E-state index in [1.165, 1.54) is 19.3 Å². The summed E-state index contributed by atoms with van der Waals surface area (Å²) in [7, 11) is 0. The van der Waals surface area contributed by atoms with Crippen LogP contribution in [0.1, 0.15) is 44.9 Å². The number of halogens is 1. The van der Waals surface area contributed by atoms with E-state index in [0.717, 1.165) is 62.6 Å². The van der Waals surface area contributed by atoms with Gasteiger partial charge in [-0.3, -0.25) is 9.88 Å². The summed E-state index contributed by atoms with van der Waals surface area (Å²) in [5.41, 5.74) is 0.935. The van der Waals surface area contributed by atoms with Crippen LogP contribution in [0.2, 0.25) is 0 Å². The maximum absolute atomic E-state index is 16.6. The van der Waals surface area contributed by atoms with Crippen molar-refractivity contribution in [2.45, 2.75) is 62.6 Å².